The Balaban J connectivity index is 1.44. The molecule has 5 rings (SSSR count). The van der Waals surface area contributed by atoms with Gasteiger partial charge >= 0.3 is 0 Å². The fourth-order valence-corrected chi connectivity index (χ4v) is 3.84. The third kappa shape index (κ3) is 3.78. The number of hydrogen-bond acceptors (Lipinski definition) is 6. The van der Waals surface area contributed by atoms with Gasteiger partial charge in [0.25, 0.3) is 5.91 Å². The molecule has 0 saturated carbocycles. The average molecular weight is 431 g/mol. The number of nitrogens with one attached hydrogen (secondary N) is 2. The van der Waals surface area contributed by atoms with Crippen LogP contribution in [-0.2, 0) is 0 Å². The number of aromatic nitrogens is 4. The molecule has 2 aromatic heterocycles. The van der Waals surface area contributed by atoms with Crippen molar-refractivity contribution in [2.75, 3.05) is 31.9 Å². The summed E-state index contributed by atoms with van der Waals surface area (Å²) in [7, 11) is 0. The van der Waals surface area contributed by atoms with Gasteiger partial charge < -0.3 is 20.9 Å². The number of anilines is 1. The van der Waals surface area contributed by atoms with E-state index in [4.69, 9.17) is 5.73 Å². The number of para-hydroxylation sites is 1. The number of hydrogen-bond donors (Lipinski definition) is 3. The molecule has 0 spiro atoms. The van der Waals surface area contributed by atoms with E-state index in [2.05, 4.69) is 25.3 Å². The fourth-order valence-electron chi connectivity index (χ4n) is 3.84. The van der Waals surface area contributed by atoms with Crippen LogP contribution >= 0.6 is 0 Å². The van der Waals surface area contributed by atoms with Crippen molar-refractivity contribution in [1.82, 2.24) is 30.2 Å². The number of benzene rings is 2. The van der Waals surface area contributed by atoms with Gasteiger partial charge in [0.15, 0.2) is 17.5 Å². The largest absolute Gasteiger partial charge is 0.382 e. The van der Waals surface area contributed by atoms with E-state index < -0.39 is 5.82 Å². The first-order valence-electron chi connectivity index (χ1n) is 10.5. The van der Waals surface area contributed by atoms with Gasteiger partial charge in [0.05, 0.1) is 17.4 Å². The molecule has 162 valence electrons. The number of halogens is 1. The number of rotatable bonds is 3. The molecule has 8 nitrogen and oxygen atoms in total. The first kappa shape index (κ1) is 20.1. The van der Waals surface area contributed by atoms with Gasteiger partial charge in [-0.25, -0.2) is 19.3 Å². The van der Waals surface area contributed by atoms with Gasteiger partial charge in [0, 0.05) is 30.8 Å². The molecule has 0 bridgehead atoms. The molecule has 1 fully saturated rings. The molecule has 0 radical (unpaired) electrons. The Morgan fingerprint density at radius 2 is 1.91 bits per heavy atom. The molecule has 1 aliphatic heterocycles. The summed E-state index contributed by atoms with van der Waals surface area (Å²) in [6.45, 7) is 3.18. The lowest BCUT2D eigenvalue weighted by molar-refractivity contribution is 0.0766. The SMILES string of the molecule is Nc1ncc(-c2ccc(C(=O)N3CCCNCC3)cc2)nc1-c1nc2c(F)cccc2[nH]1. The summed E-state index contributed by atoms with van der Waals surface area (Å²) in [5.74, 6) is 0.134. The highest BCUT2D eigenvalue weighted by molar-refractivity contribution is 5.94. The molecule has 9 heteroatoms. The lowest BCUT2D eigenvalue weighted by atomic mass is 10.1. The minimum Gasteiger partial charge on any atom is -0.382 e. The maximum atomic E-state index is 14.0. The van der Waals surface area contributed by atoms with Crippen molar-refractivity contribution in [2.24, 2.45) is 0 Å². The molecular formula is C23H22FN7O. The zero-order valence-electron chi connectivity index (χ0n) is 17.3. The highest BCUT2D eigenvalue weighted by Crippen LogP contribution is 2.27. The number of nitrogens with zero attached hydrogens (tertiary/aromatic N) is 4. The Hall–Kier alpha value is -3.85. The highest BCUT2D eigenvalue weighted by atomic mass is 19.1. The van der Waals surface area contributed by atoms with Gasteiger partial charge in [-0.2, -0.15) is 0 Å². The monoisotopic (exact) mass is 431 g/mol. The molecule has 0 unspecified atom stereocenters. The van der Waals surface area contributed by atoms with Crippen LogP contribution in [0.25, 0.3) is 33.8 Å². The highest BCUT2D eigenvalue weighted by Gasteiger charge is 2.18. The Labute approximate surface area is 183 Å². The predicted molar refractivity (Wildman–Crippen MR) is 120 cm³/mol. The van der Waals surface area contributed by atoms with Crippen molar-refractivity contribution in [3.8, 4) is 22.8 Å². The van der Waals surface area contributed by atoms with Gasteiger partial charge in [-0.15, -0.1) is 0 Å². The summed E-state index contributed by atoms with van der Waals surface area (Å²) in [6.07, 6.45) is 2.51. The number of carbonyl (C=O) groups is 1. The second-order valence-electron chi connectivity index (χ2n) is 7.68. The van der Waals surface area contributed by atoms with E-state index in [-0.39, 0.29) is 17.2 Å². The van der Waals surface area contributed by atoms with E-state index in [1.54, 1.807) is 30.5 Å². The van der Waals surface area contributed by atoms with E-state index in [1.807, 2.05) is 17.0 Å². The van der Waals surface area contributed by atoms with Crippen LogP contribution in [0.2, 0.25) is 0 Å². The summed E-state index contributed by atoms with van der Waals surface area (Å²) >= 11 is 0. The van der Waals surface area contributed by atoms with Crippen molar-refractivity contribution in [1.29, 1.82) is 0 Å². The van der Waals surface area contributed by atoms with Gasteiger partial charge in [0.1, 0.15) is 11.2 Å². The molecule has 4 N–H and O–H groups in total. The van der Waals surface area contributed by atoms with Gasteiger partial charge in [-0.3, -0.25) is 4.79 Å². The second-order valence-corrected chi connectivity index (χ2v) is 7.68. The number of H-pyrrole nitrogens is 1. The number of carbonyl (C=O) groups excluding carboxylic acids is 1. The summed E-state index contributed by atoms with van der Waals surface area (Å²) in [5, 5.41) is 3.30. The number of amides is 1. The van der Waals surface area contributed by atoms with Crippen LogP contribution in [0.5, 0.6) is 0 Å². The van der Waals surface area contributed by atoms with Gasteiger partial charge in [-0.1, -0.05) is 18.2 Å². The van der Waals surface area contributed by atoms with Crippen LogP contribution in [0.1, 0.15) is 16.8 Å². The van der Waals surface area contributed by atoms with Crippen LogP contribution < -0.4 is 11.1 Å². The molecule has 1 amide bonds. The number of nitrogen functional groups attached to an aromatic ring is 1. The van der Waals surface area contributed by atoms with Crippen LogP contribution in [0.3, 0.4) is 0 Å². The minimum absolute atomic E-state index is 0.0219. The molecule has 1 aliphatic rings. The standard InChI is InChI=1S/C23H22FN7O/c24-16-3-1-4-17-19(16)30-22(29-17)20-21(25)27-13-18(28-20)14-5-7-15(8-6-14)23(32)31-11-2-9-26-10-12-31/h1,3-8,13,26H,2,9-12H2,(H2,25,27)(H,29,30). The average Bonchev–Trinajstić information content (AvgIpc) is 3.07. The van der Waals surface area contributed by atoms with Crippen molar-refractivity contribution in [2.45, 2.75) is 6.42 Å². The molecule has 0 atom stereocenters. The van der Waals surface area contributed by atoms with Crippen molar-refractivity contribution < 1.29 is 9.18 Å². The van der Waals surface area contributed by atoms with Crippen molar-refractivity contribution in [3.63, 3.8) is 0 Å². The van der Waals surface area contributed by atoms with Gasteiger partial charge in [-0.05, 0) is 37.2 Å². The van der Waals surface area contributed by atoms with Crippen LogP contribution in [0.4, 0.5) is 10.2 Å². The van der Waals surface area contributed by atoms with Crippen LogP contribution in [0.15, 0.2) is 48.7 Å². The Kier molecular flexibility index (Phi) is 5.24. The number of aromatic amines is 1. The molecule has 1 saturated heterocycles. The molecule has 0 aliphatic carbocycles. The second kappa shape index (κ2) is 8.35. The number of imidazole rings is 1. The first-order valence-corrected chi connectivity index (χ1v) is 10.5. The quantitative estimate of drug-likeness (QED) is 0.460. The van der Waals surface area contributed by atoms with E-state index in [0.29, 0.717) is 34.8 Å². The zero-order chi connectivity index (χ0) is 22.1. The van der Waals surface area contributed by atoms with E-state index in [9.17, 15) is 9.18 Å². The predicted octanol–water partition coefficient (Wildman–Crippen LogP) is 2.84. The third-order valence-electron chi connectivity index (χ3n) is 5.54. The first-order chi connectivity index (χ1) is 15.6. The number of fused-ring (bicyclic) bond motifs is 1. The molecular weight excluding hydrogens is 409 g/mol. The summed E-state index contributed by atoms with van der Waals surface area (Å²) in [5.41, 5.74) is 9.15. The topological polar surface area (TPSA) is 113 Å². The molecule has 4 aromatic rings. The third-order valence-corrected chi connectivity index (χ3v) is 5.54. The normalized spacial score (nSPS) is 14.5. The lowest BCUT2D eigenvalue weighted by Crippen LogP contribution is -2.34. The van der Waals surface area contributed by atoms with Gasteiger partial charge in [0.2, 0.25) is 0 Å². The number of nitrogens with two attached hydrogens (primary N) is 1. The Bertz CT molecular complexity index is 1280. The summed E-state index contributed by atoms with van der Waals surface area (Å²) in [6, 6.07) is 12.0. The van der Waals surface area contributed by atoms with E-state index >= 15 is 0 Å². The maximum Gasteiger partial charge on any atom is 0.253 e. The lowest BCUT2D eigenvalue weighted by Gasteiger charge is -2.20. The molecule has 3 heterocycles. The minimum atomic E-state index is -0.423. The molecule has 32 heavy (non-hydrogen) atoms. The molecule has 2 aromatic carbocycles. The smallest absolute Gasteiger partial charge is 0.253 e. The Morgan fingerprint density at radius 3 is 2.72 bits per heavy atom. The Morgan fingerprint density at radius 1 is 1.06 bits per heavy atom. The van der Waals surface area contributed by atoms with Crippen molar-refractivity contribution in [3.05, 3.63) is 60.0 Å². The fraction of sp³-hybridized carbons (Fsp3) is 0.217. The van der Waals surface area contributed by atoms with Crippen LogP contribution in [-0.4, -0.2) is 56.9 Å². The summed E-state index contributed by atoms with van der Waals surface area (Å²) < 4.78 is 14.0. The summed E-state index contributed by atoms with van der Waals surface area (Å²) in [4.78, 5) is 30.9. The zero-order valence-corrected chi connectivity index (χ0v) is 17.3. The van der Waals surface area contributed by atoms with E-state index in [0.717, 1.165) is 31.6 Å². The van der Waals surface area contributed by atoms with Crippen molar-refractivity contribution >= 4 is 22.8 Å². The van der Waals surface area contributed by atoms with E-state index in [1.165, 1.54) is 6.07 Å². The van der Waals surface area contributed by atoms with Crippen LogP contribution in [0, 0.1) is 5.82 Å². The maximum absolute atomic E-state index is 14.0.